The summed E-state index contributed by atoms with van der Waals surface area (Å²) in [5.41, 5.74) is 0. The van der Waals surface area contributed by atoms with Gasteiger partial charge in [-0.2, -0.15) is 0 Å². The highest BCUT2D eigenvalue weighted by molar-refractivity contribution is 5.77. The summed E-state index contributed by atoms with van der Waals surface area (Å²) < 4.78 is 0. The molecule has 2 aliphatic rings. The van der Waals surface area contributed by atoms with Crippen molar-refractivity contribution in [3.05, 3.63) is 0 Å². The van der Waals surface area contributed by atoms with E-state index in [2.05, 4.69) is 11.9 Å². The van der Waals surface area contributed by atoms with Crippen molar-refractivity contribution in [2.24, 2.45) is 5.92 Å². The van der Waals surface area contributed by atoms with E-state index in [1.54, 1.807) is 4.90 Å². The summed E-state index contributed by atoms with van der Waals surface area (Å²) in [6.07, 6.45) is 1.46. The van der Waals surface area contributed by atoms with Crippen molar-refractivity contribution >= 4 is 12.0 Å². The van der Waals surface area contributed by atoms with E-state index in [9.17, 15) is 9.59 Å². The van der Waals surface area contributed by atoms with Gasteiger partial charge in [0.15, 0.2) is 0 Å². The molecule has 1 unspecified atom stereocenters. The van der Waals surface area contributed by atoms with Crippen LogP contribution in [0.25, 0.3) is 0 Å². The van der Waals surface area contributed by atoms with E-state index in [1.807, 2.05) is 11.8 Å². The molecule has 2 rings (SSSR count). The van der Waals surface area contributed by atoms with Crippen LogP contribution in [-0.4, -0.2) is 77.6 Å². The maximum Gasteiger partial charge on any atom is 0.320 e. The van der Waals surface area contributed by atoms with Crippen LogP contribution in [0, 0.1) is 5.92 Å². The minimum Gasteiger partial charge on any atom is -0.481 e. The highest BCUT2D eigenvalue weighted by Gasteiger charge is 2.33. The van der Waals surface area contributed by atoms with Crippen molar-refractivity contribution < 1.29 is 14.7 Å². The minimum absolute atomic E-state index is 0.00606. The summed E-state index contributed by atoms with van der Waals surface area (Å²) >= 11 is 0. The van der Waals surface area contributed by atoms with Gasteiger partial charge in [-0.05, 0) is 26.8 Å². The Morgan fingerprint density at radius 1 is 1.16 bits per heavy atom. The number of nitrogens with zero attached hydrogens (tertiary/aromatic N) is 3. The molecule has 6 heteroatoms. The van der Waals surface area contributed by atoms with Gasteiger partial charge in [-0.1, -0.05) is 0 Å². The second-order valence-corrected chi connectivity index (χ2v) is 5.71. The fraction of sp³-hybridized carbons (Fsp3) is 0.846. The summed E-state index contributed by atoms with van der Waals surface area (Å²) in [6.45, 7) is 5.57. The number of amides is 2. The van der Waals surface area contributed by atoms with Crippen LogP contribution in [0.2, 0.25) is 0 Å². The van der Waals surface area contributed by atoms with E-state index in [0.29, 0.717) is 19.5 Å². The van der Waals surface area contributed by atoms with Gasteiger partial charge < -0.3 is 19.8 Å². The molecule has 0 bridgehead atoms. The number of likely N-dealkylation sites (tertiary alicyclic amines) is 1. The van der Waals surface area contributed by atoms with Crippen molar-refractivity contribution in [1.82, 2.24) is 14.7 Å². The number of piperazine rings is 1. The number of rotatable bonds is 1. The van der Waals surface area contributed by atoms with Crippen molar-refractivity contribution in [2.75, 3.05) is 39.8 Å². The third kappa shape index (κ3) is 3.18. The highest BCUT2D eigenvalue weighted by atomic mass is 16.4. The van der Waals surface area contributed by atoms with Gasteiger partial charge in [-0.15, -0.1) is 0 Å². The summed E-state index contributed by atoms with van der Waals surface area (Å²) in [6, 6.07) is 0.197. The van der Waals surface area contributed by atoms with Gasteiger partial charge in [0.2, 0.25) is 0 Å². The van der Waals surface area contributed by atoms with Crippen LogP contribution in [0.1, 0.15) is 19.8 Å². The SMILES string of the molecule is CC1CN(C)CCN1C(=O)N1CCC[C@@H](C(=O)O)C1. The molecule has 19 heavy (non-hydrogen) atoms. The Bertz CT molecular complexity index is 361. The maximum absolute atomic E-state index is 12.5. The van der Waals surface area contributed by atoms with Crippen LogP contribution in [0.3, 0.4) is 0 Å². The quantitative estimate of drug-likeness (QED) is 0.754. The van der Waals surface area contributed by atoms with Gasteiger partial charge in [0.25, 0.3) is 0 Å². The van der Waals surface area contributed by atoms with E-state index in [4.69, 9.17) is 5.11 Å². The van der Waals surface area contributed by atoms with Crippen molar-refractivity contribution in [2.45, 2.75) is 25.8 Å². The monoisotopic (exact) mass is 269 g/mol. The summed E-state index contributed by atoms with van der Waals surface area (Å²) in [4.78, 5) is 29.3. The average Bonchev–Trinajstić information content (AvgIpc) is 2.38. The summed E-state index contributed by atoms with van der Waals surface area (Å²) in [5, 5.41) is 9.08. The lowest BCUT2D eigenvalue weighted by Crippen LogP contribution is -2.57. The van der Waals surface area contributed by atoms with Crippen LogP contribution in [0.4, 0.5) is 4.79 Å². The molecule has 2 atom stereocenters. The maximum atomic E-state index is 12.5. The van der Waals surface area contributed by atoms with Gasteiger partial charge in [-0.25, -0.2) is 4.79 Å². The Hall–Kier alpha value is -1.30. The molecule has 2 saturated heterocycles. The number of likely N-dealkylation sites (N-methyl/N-ethyl adjacent to an activating group) is 1. The molecule has 2 heterocycles. The van der Waals surface area contributed by atoms with Crippen LogP contribution >= 0.6 is 0 Å². The molecule has 2 amide bonds. The molecule has 0 aromatic carbocycles. The molecule has 0 aromatic rings. The van der Waals surface area contributed by atoms with E-state index >= 15 is 0 Å². The number of carboxylic acids is 1. The summed E-state index contributed by atoms with van der Waals surface area (Å²) in [5.74, 6) is -1.19. The first kappa shape index (κ1) is 14.1. The lowest BCUT2D eigenvalue weighted by atomic mass is 9.98. The van der Waals surface area contributed by atoms with Gasteiger partial charge in [0.1, 0.15) is 0 Å². The van der Waals surface area contributed by atoms with Crippen molar-refractivity contribution in [3.8, 4) is 0 Å². The van der Waals surface area contributed by atoms with E-state index in [1.165, 1.54) is 0 Å². The fourth-order valence-electron chi connectivity index (χ4n) is 2.96. The molecule has 6 nitrogen and oxygen atoms in total. The smallest absolute Gasteiger partial charge is 0.320 e. The van der Waals surface area contributed by atoms with Gasteiger partial charge in [0, 0.05) is 38.8 Å². The van der Waals surface area contributed by atoms with Gasteiger partial charge in [-0.3, -0.25) is 4.79 Å². The molecular formula is C13H23N3O3. The lowest BCUT2D eigenvalue weighted by molar-refractivity contribution is -0.143. The van der Waals surface area contributed by atoms with Crippen LogP contribution < -0.4 is 0 Å². The standard InChI is InChI=1S/C13H23N3O3/c1-10-8-14(2)6-7-16(10)13(19)15-5-3-4-11(9-15)12(17)18/h10-11H,3-9H2,1-2H3,(H,17,18)/t10?,11-/m1/s1. The lowest BCUT2D eigenvalue weighted by Gasteiger charge is -2.42. The predicted molar refractivity (Wildman–Crippen MR) is 71.0 cm³/mol. The second kappa shape index (κ2) is 5.77. The number of carbonyl (C=O) groups excluding carboxylic acids is 1. The topological polar surface area (TPSA) is 64.1 Å². The van der Waals surface area contributed by atoms with Crippen molar-refractivity contribution in [3.63, 3.8) is 0 Å². The first-order valence-electron chi connectivity index (χ1n) is 6.96. The average molecular weight is 269 g/mol. The number of aliphatic carboxylic acids is 1. The van der Waals surface area contributed by atoms with Crippen LogP contribution in [0.15, 0.2) is 0 Å². The largest absolute Gasteiger partial charge is 0.481 e. The molecule has 108 valence electrons. The minimum atomic E-state index is -0.788. The number of carbonyl (C=O) groups is 2. The number of hydrogen-bond acceptors (Lipinski definition) is 3. The predicted octanol–water partition coefficient (Wildman–Crippen LogP) is 0.539. The molecule has 2 fully saturated rings. The van der Waals surface area contributed by atoms with Gasteiger partial charge in [0.05, 0.1) is 5.92 Å². The van der Waals surface area contributed by atoms with E-state index in [0.717, 1.165) is 26.1 Å². The second-order valence-electron chi connectivity index (χ2n) is 5.71. The normalized spacial score (nSPS) is 29.4. The molecule has 2 aliphatic heterocycles. The third-order valence-corrected chi connectivity index (χ3v) is 4.12. The highest BCUT2D eigenvalue weighted by Crippen LogP contribution is 2.19. The molecule has 1 N–H and O–H groups in total. The Labute approximate surface area is 114 Å². The molecule has 0 aromatic heterocycles. The third-order valence-electron chi connectivity index (χ3n) is 4.12. The first-order valence-corrected chi connectivity index (χ1v) is 6.96. The molecule has 0 spiro atoms. The molecular weight excluding hydrogens is 246 g/mol. The van der Waals surface area contributed by atoms with Gasteiger partial charge >= 0.3 is 12.0 Å². The Morgan fingerprint density at radius 3 is 2.53 bits per heavy atom. The number of carboxylic acid groups (broad SMARTS) is 1. The number of piperidine rings is 1. The zero-order valence-corrected chi connectivity index (χ0v) is 11.7. The zero-order chi connectivity index (χ0) is 14.0. The van der Waals surface area contributed by atoms with Crippen molar-refractivity contribution in [1.29, 1.82) is 0 Å². The van der Waals surface area contributed by atoms with E-state index < -0.39 is 11.9 Å². The van der Waals surface area contributed by atoms with E-state index in [-0.39, 0.29) is 12.1 Å². The number of urea groups is 1. The van der Waals surface area contributed by atoms with Crippen LogP contribution in [0.5, 0.6) is 0 Å². The Kier molecular flexibility index (Phi) is 4.29. The van der Waals surface area contributed by atoms with Crippen LogP contribution in [-0.2, 0) is 4.79 Å². The fourth-order valence-corrected chi connectivity index (χ4v) is 2.96. The first-order chi connectivity index (χ1) is 8.99. The zero-order valence-electron chi connectivity index (χ0n) is 11.7. The Balaban J connectivity index is 1.97. The number of hydrogen-bond donors (Lipinski definition) is 1. The summed E-state index contributed by atoms with van der Waals surface area (Å²) in [7, 11) is 2.06. The molecule has 0 radical (unpaired) electrons. The molecule has 0 saturated carbocycles. The Morgan fingerprint density at radius 2 is 1.89 bits per heavy atom. The molecule has 0 aliphatic carbocycles.